The Morgan fingerprint density at radius 3 is 2.58 bits per heavy atom. The van der Waals surface area contributed by atoms with Gasteiger partial charge in [0.1, 0.15) is 5.75 Å². The first kappa shape index (κ1) is 18.0. The highest BCUT2D eigenvalue weighted by atomic mass is 32.1. The van der Waals surface area contributed by atoms with Crippen molar-refractivity contribution >= 4 is 27.5 Å². The summed E-state index contributed by atoms with van der Waals surface area (Å²) in [7, 11) is 4.97. The van der Waals surface area contributed by atoms with Crippen molar-refractivity contribution < 1.29 is 19.0 Å². The highest BCUT2D eigenvalue weighted by molar-refractivity contribution is 7.16. The largest absolute Gasteiger partial charge is 0.494 e. The molecule has 0 aliphatic rings. The molecule has 0 N–H and O–H groups in total. The molecule has 1 amide bonds. The first-order valence-electron chi connectivity index (χ1n) is 8.10. The number of amides is 1. The fourth-order valence-corrected chi connectivity index (χ4v) is 3.64. The van der Waals surface area contributed by atoms with Gasteiger partial charge in [0, 0.05) is 12.6 Å². The number of fused-ring (bicyclic) bond motifs is 1. The average Bonchev–Trinajstić information content (AvgIpc) is 2.96. The van der Waals surface area contributed by atoms with Gasteiger partial charge in [0.25, 0.3) is 5.91 Å². The maximum atomic E-state index is 12.6. The Morgan fingerprint density at radius 2 is 1.88 bits per heavy atom. The number of aromatic nitrogens is 1. The summed E-state index contributed by atoms with van der Waals surface area (Å²) >= 11 is 1.44. The summed E-state index contributed by atoms with van der Waals surface area (Å²) in [6, 6.07) is 10.8. The standard InChI is InChI=1S/C19H20N2O4S/c1-5-25-13-7-8-14-17(11-13)26-19(21(14)2)20-18(22)12-6-9-15(23-3)16(10-12)24-4/h6-11H,5H2,1-4H3. The van der Waals surface area contributed by atoms with Crippen LogP contribution in [-0.2, 0) is 7.05 Å². The number of carbonyl (C=O) groups is 1. The number of nitrogens with zero attached hydrogens (tertiary/aromatic N) is 2. The molecular weight excluding hydrogens is 352 g/mol. The molecule has 0 atom stereocenters. The summed E-state index contributed by atoms with van der Waals surface area (Å²) in [4.78, 5) is 17.5. The third-order valence-electron chi connectivity index (χ3n) is 3.92. The number of carbonyl (C=O) groups excluding carboxylic acids is 1. The predicted molar refractivity (Wildman–Crippen MR) is 101 cm³/mol. The van der Waals surface area contributed by atoms with Gasteiger partial charge in [-0.15, -0.1) is 0 Å². The molecule has 2 aromatic carbocycles. The van der Waals surface area contributed by atoms with Crippen LogP contribution in [0, 0.1) is 0 Å². The molecule has 1 aromatic heterocycles. The normalized spacial score (nSPS) is 11.6. The summed E-state index contributed by atoms with van der Waals surface area (Å²) in [5, 5.41) is 0. The number of aryl methyl sites for hydroxylation is 1. The molecular formula is C19H20N2O4S. The highest BCUT2D eigenvalue weighted by Gasteiger charge is 2.11. The number of benzene rings is 2. The molecule has 0 saturated heterocycles. The molecule has 26 heavy (non-hydrogen) atoms. The van der Waals surface area contributed by atoms with E-state index in [0.29, 0.717) is 28.5 Å². The van der Waals surface area contributed by atoms with E-state index in [-0.39, 0.29) is 5.91 Å². The van der Waals surface area contributed by atoms with Crippen LogP contribution >= 0.6 is 11.3 Å². The molecule has 3 aromatic rings. The Kier molecular flexibility index (Phi) is 5.27. The van der Waals surface area contributed by atoms with Gasteiger partial charge < -0.3 is 18.8 Å². The van der Waals surface area contributed by atoms with Crippen LogP contribution in [0.5, 0.6) is 17.2 Å². The molecule has 6 nitrogen and oxygen atoms in total. The molecule has 0 unspecified atom stereocenters. The summed E-state index contributed by atoms with van der Waals surface area (Å²) in [5.41, 5.74) is 1.44. The maximum Gasteiger partial charge on any atom is 0.279 e. The third kappa shape index (κ3) is 3.43. The zero-order chi connectivity index (χ0) is 18.7. The van der Waals surface area contributed by atoms with Crippen LogP contribution in [-0.4, -0.2) is 31.3 Å². The van der Waals surface area contributed by atoms with Gasteiger partial charge in [0.2, 0.25) is 0 Å². The number of rotatable bonds is 5. The molecule has 0 saturated carbocycles. The van der Waals surface area contributed by atoms with Gasteiger partial charge in [-0.2, -0.15) is 4.99 Å². The minimum Gasteiger partial charge on any atom is -0.494 e. The maximum absolute atomic E-state index is 12.6. The van der Waals surface area contributed by atoms with Crippen molar-refractivity contribution in [1.29, 1.82) is 0 Å². The monoisotopic (exact) mass is 372 g/mol. The molecule has 136 valence electrons. The summed E-state index contributed by atoms with van der Waals surface area (Å²) in [6.07, 6.45) is 0. The number of thiazole rings is 1. The lowest BCUT2D eigenvalue weighted by molar-refractivity contribution is 0.0997. The van der Waals surface area contributed by atoms with Crippen molar-refractivity contribution in [3.05, 3.63) is 46.8 Å². The van der Waals surface area contributed by atoms with E-state index in [1.807, 2.05) is 36.7 Å². The van der Waals surface area contributed by atoms with Crippen LogP contribution in [0.1, 0.15) is 17.3 Å². The van der Waals surface area contributed by atoms with Crippen LogP contribution in [0.3, 0.4) is 0 Å². The van der Waals surface area contributed by atoms with E-state index in [0.717, 1.165) is 16.0 Å². The molecule has 3 rings (SSSR count). The molecule has 0 bridgehead atoms. The van der Waals surface area contributed by atoms with Crippen LogP contribution < -0.4 is 19.0 Å². The van der Waals surface area contributed by atoms with Crippen LogP contribution in [0.2, 0.25) is 0 Å². The Hall–Kier alpha value is -2.80. The van der Waals surface area contributed by atoms with Crippen molar-refractivity contribution in [3.63, 3.8) is 0 Å². The Labute approximate surface area is 155 Å². The molecule has 0 fully saturated rings. The lowest BCUT2D eigenvalue weighted by Crippen LogP contribution is -2.13. The van der Waals surface area contributed by atoms with E-state index >= 15 is 0 Å². The summed E-state index contributed by atoms with van der Waals surface area (Å²) < 4.78 is 18.9. The van der Waals surface area contributed by atoms with Crippen molar-refractivity contribution in [2.24, 2.45) is 12.0 Å². The Bertz CT molecular complexity index is 1020. The SMILES string of the molecule is CCOc1ccc2c(c1)sc(=NC(=O)c1ccc(OC)c(OC)c1)n2C. The fourth-order valence-electron chi connectivity index (χ4n) is 2.60. The minimum absolute atomic E-state index is 0.335. The van der Waals surface area contributed by atoms with Crippen molar-refractivity contribution in [1.82, 2.24) is 4.57 Å². The topological polar surface area (TPSA) is 62.1 Å². The van der Waals surface area contributed by atoms with E-state index in [2.05, 4.69) is 4.99 Å². The summed E-state index contributed by atoms with van der Waals surface area (Å²) in [5.74, 6) is 1.54. The van der Waals surface area contributed by atoms with E-state index in [1.54, 1.807) is 25.3 Å². The smallest absolute Gasteiger partial charge is 0.279 e. The average molecular weight is 372 g/mol. The van der Waals surface area contributed by atoms with Gasteiger partial charge in [0.05, 0.1) is 31.0 Å². The van der Waals surface area contributed by atoms with Gasteiger partial charge in [-0.25, -0.2) is 0 Å². The predicted octanol–water partition coefficient (Wildman–Crippen LogP) is 3.40. The Morgan fingerprint density at radius 1 is 1.12 bits per heavy atom. The molecule has 0 aliphatic carbocycles. The van der Waals surface area contributed by atoms with Crippen LogP contribution in [0.4, 0.5) is 0 Å². The lowest BCUT2D eigenvalue weighted by atomic mass is 10.2. The van der Waals surface area contributed by atoms with E-state index in [1.165, 1.54) is 18.4 Å². The van der Waals surface area contributed by atoms with E-state index in [9.17, 15) is 4.79 Å². The van der Waals surface area contributed by atoms with Gasteiger partial charge in [-0.1, -0.05) is 11.3 Å². The minimum atomic E-state index is -0.335. The van der Waals surface area contributed by atoms with Gasteiger partial charge in [-0.05, 0) is 43.3 Å². The molecule has 0 radical (unpaired) electrons. The quantitative estimate of drug-likeness (QED) is 0.689. The lowest BCUT2D eigenvalue weighted by Gasteiger charge is -2.07. The van der Waals surface area contributed by atoms with Crippen LogP contribution in [0.15, 0.2) is 41.4 Å². The van der Waals surface area contributed by atoms with E-state index < -0.39 is 0 Å². The zero-order valence-corrected chi connectivity index (χ0v) is 15.9. The van der Waals surface area contributed by atoms with Gasteiger partial charge in [0.15, 0.2) is 16.3 Å². The second-order valence-electron chi connectivity index (χ2n) is 5.49. The zero-order valence-electron chi connectivity index (χ0n) is 15.1. The first-order chi connectivity index (χ1) is 12.6. The molecule has 1 heterocycles. The molecule has 7 heteroatoms. The molecule has 0 aliphatic heterocycles. The number of ether oxygens (including phenoxy) is 3. The van der Waals surface area contributed by atoms with Gasteiger partial charge >= 0.3 is 0 Å². The Balaban J connectivity index is 2.01. The fraction of sp³-hybridized carbons (Fsp3) is 0.263. The van der Waals surface area contributed by atoms with Gasteiger partial charge in [-0.3, -0.25) is 4.79 Å². The number of hydrogen-bond acceptors (Lipinski definition) is 5. The van der Waals surface area contributed by atoms with E-state index in [4.69, 9.17) is 14.2 Å². The third-order valence-corrected chi connectivity index (χ3v) is 5.01. The second kappa shape index (κ2) is 7.61. The van der Waals surface area contributed by atoms with Crippen molar-refractivity contribution in [3.8, 4) is 17.2 Å². The molecule has 0 spiro atoms. The highest BCUT2D eigenvalue weighted by Crippen LogP contribution is 2.28. The second-order valence-corrected chi connectivity index (χ2v) is 6.50. The summed E-state index contributed by atoms with van der Waals surface area (Å²) in [6.45, 7) is 2.55. The first-order valence-corrected chi connectivity index (χ1v) is 8.92. The number of hydrogen-bond donors (Lipinski definition) is 0. The van der Waals surface area contributed by atoms with Crippen molar-refractivity contribution in [2.75, 3.05) is 20.8 Å². The van der Waals surface area contributed by atoms with Crippen molar-refractivity contribution in [2.45, 2.75) is 6.92 Å². The van der Waals surface area contributed by atoms with Crippen LogP contribution in [0.25, 0.3) is 10.2 Å². The number of methoxy groups -OCH3 is 2.